The first-order valence-corrected chi connectivity index (χ1v) is 10.6. The van der Waals surface area contributed by atoms with E-state index in [1.54, 1.807) is 12.1 Å². The maximum Gasteiger partial charge on any atom is 0.573 e. The first-order chi connectivity index (χ1) is 15.3. The predicted molar refractivity (Wildman–Crippen MR) is 119 cm³/mol. The standard InChI is InChI=1S/C24H25F3N4O/c1-15-7-5-8-16(2)22(15)30-21-14-20(29-23(31-21)28-18-10-3-4-11-18)17-9-6-12-19(13-17)32-24(25,26)27/h5-9,12-14,18H,3-4,10-11H2,1-2H3,(H2,28,29,30,31). The van der Waals surface area contributed by atoms with E-state index >= 15 is 0 Å². The molecule has 1 heterocycles. The highest BCUT2D eigenvalue weighted by atomic mass is 19.4. The zero-order valence-electron chi connectivity index (χ0n) is 18.0. The summed E-state index contributed by atoms with van der Waals surface area (Å²) in [5.74, 6) is 0.725. The van der Waals surface area contributed by atoms with Crippen molar-refractivity contribution in [2.45, 2.75) is 51.9 Å². The number of aromatic nitrogens is 2. The van der Waals surface area contributed by atoms with Crippen LogP contribution in [0.2, 0.25) is 0 Å². The lowest BCUT2D eigenvalue weighted by atomic mass is 10.1. The molecule has 0 bridgehead atoms. The van der Waals surface area contributed by atoms with Gasteiger partial charge in [0.15, 0.2) is 0 Å². The van der Waals surface area contributed by atoms with Crippen molar-refractivity contribution < 1.29 is 17.9 Å². The van der Waals surface area contributed by atoms with Crippen LogP contribution in [0, 0.1) is 13.8 Å². The molecule has 2 aromatic carbocycles. The third-order valence-corrected chi connectivity index (χ3v) is 5.51. The van der Waals surface area contributed by atoms with Crippen LogP contribution in [0.4, 0.5) is 30.6 Å². The molecule has 1 fully saturated rings. The monoisotopic (exact) mass is 442 g/mol. The van der Waals surface area contributed by atoms with Gasteiger partial charge >= 0.3 is 6.36 Å². The molecule has 0 aliphatic heterocycles. The fourth-order valence-electron chi connectivity index (χ4n) is 3.97. The number of alkyl halides is 3. The molecule has 0 amide bonds. The summed E-state index contributed by atoms with van der Waals surface area (Å²) in [5, 5.41) is 6.75. The molecular formula is C24H25F3N4O. The van der Waals surface area contributed by atoms with Crippen LogP contribution in [-0.4, -0.2) is 22.4 Å². The van der Waals surface area contributed by atoms with E-state index in [1.165, 1.54) is 18.2 Å². The summed E-state index contributed by atoms with van der Waals surface area (Å²) in [5.41, 5.74) is 4.08. The summed E-state index contributed by atoms with van der Waals surface area (Å²) in [6.07, 6.45) is -0.359. The molecule has 32 heavy (non-hydrogen) atoms. The van der Waals surface area contributed by atoms with Crippen molar-refractivity contribution in [2.24, 2.45) is 0 Å². The number of hydrogen-bond donors (Lipinski definition) is 2. The van der Waals surface area contributed by atoms with Crippen molar-refractivity contribution in [3.63, 3.8) is 0 Å². The average molecular weight is 442 g/mol. The maximum absolute atomic E-state index is 12.7. The second-order valence-electron chi connectivity index (χ2n) is 8.06. The van der Waals surface area contributed by atoms with Gasteiger partial charge in [0.2, 0.25) is 5.95 Å². The highest BCUT2D eigenvalue weighted by Gasteiger charge is 2.31. The van der Waals surface area contributed by atoms with Crippen LogP contribution in [0.3, 0.4) is 0 Å². The Morgan fingerprint density at radius 2 is 1.62 bits per heavy atom. The normalized spacial score (nSPS) is 14.4. The Hall–Kier alpha value is -3.29. The number of nitrogens with one attached hydrogen (secondary N) is 2. The van der Waals surface area contributed by atoms with Crippen molar-refractivity contribution in [3.05, 3.63) is 59.7 Å². The number of nitrogens with zero attached hydrogens (tertiary/aromatic N) is 2. The maximum atomic E-state index is 12.7. The van der Waals surface area contributed by atoms with Crippen LogP contribution >= 0.6 is 0 Å². The van der Waals surface area contributed by atoms with E-state index in [9.17, 15) is 13.2 Å². The number of benzene rings is 2. The minimum Gasteiger partial charge on any atom is -0.406 e. The van der Waals surface area contributed by atoms with Gasteiger partial charge in [-0.25, -0.2) is 4.98 Å². The molecule has 5 nitrogen and oxygen atoms in total. The van der Waals surface area contributed by atoms with Crippen molar-refractivity contribution in [1.29, 1.82) is 0 Å². The molecule has 0 radical (unpaired) electrons. The summed E-state index contributed by atoms with van der Waals surface area (Å²) in [7, 11) is 0. The third kappa shape index (κ3) is 5.49. The van der Waals surface area contributed by atoms with Crippen molar-refractivity contribution in [1.82, 2.24) is 9.97 Å². The third-order valence-electron chi connectivity index (χ3n) is 5.51. The molecule has 0 spiro atoms. The molecule has 1 aliphatic carbocycles. The van der Waals surface area contributed by atoms with E-state index in [-0.39, 0.29) is 11.8 Å². The van der Waals surface area contributed by atoms with Gasteiger partial charge < -0.3 is 15.4 Å². The molecule has 8 heteroatoms. The minimum atomic E-state index is -4.76. The first kappa shape index (κ1) is 21.9. The largest absolute Gasteiger partial charge is 0.573 e. The summed E-state index contributed by atoms with van der Waals surface area (Å²) < 4.78 is 42.1. The van der Waals surface area contributed by atoms with E-state index in [2.05, 4.69) is 25.3 Å². The quantitative estimate of drug-likeness (QED) is 0.442. The van der Waals surface area contributed by atoms with E-state index in [0.717, 1.165) is 42.5 Å². The van der Waals surface area contributed by atoms with E-state index < -0.39 is 6.36 Å². The Morgan fingerprint density at radius 1 is 0.938 bits per heavy atom. The van der Waals surface area contributed by atoms with E-state index in [0.29, 0.717) is 23.0 Å². The van der Waals surface area contributed by atoms with Gasteiger partial charge in [-0.15, -0.1) is 13.2 Å². The molecule has 0 unspecified atom stereocenters. The first-order valence-electron chi connectivity index (χ1n) is 10.6. The highest BCUT2D eigenvalue weighted by Crippen LogP contribution is 2.31. The summed E-state index contributed by atoms with van der Waals surface area (Å²) >= 11 is 0. The molecule has 1 aliphatic rings. The number of halogens is 3. The van der Waals surface area contributed by atoms with Crippen molar-refractivity contribution >= 4 is 17.5 Å². The molecule has 1 saturated carbocycles. The molecule has 2 N–H and O–H groups in total. The predicted octanol–water partition coefficient (Wildman–Crippen LogP) is 6.76. The van der Waals surface area contributed by atoms with E-state index in [1.807, 2.05) is 32.0 Å². The second kappa shape index (κ2) is 9.06. The Labute approximate surface area is 185 Å². The topological polar surface area (TPSA) is 59.1 Å². The fraction of sp³-hybridized carbons (Fsp3) is 0.333. The van der Waals surface area contributed by atoms with Gasteiger partial charge in [-0.3, -0.25) is 0 Å². The van der Waals surface area contributed by atoms with Crippen LogP contribution in [0.1, 0.15) is 36.8 Å². The van der Waals surface area contributed by atoms with E-state index in [4.69, 9.17) is 0 Å². The lowest BCUT2D eigenvalue weighted by Crippen LogP contribution is -2.17. The van der Waals surface area contributed by atoms with Gasteiger partial charge in [-0.1, -0.05) is 43.2 Å². The minimum absolute atomic E-state index is 0.289. The van der Waals surface area contributed by atoms with Gasteiger partial charge in [0.05, 0.1) is 5.69 Å². The lowest BCUT2D eigenvalue weighted by molar-refractivity contribution is -0.274. The van der Waals surface area contributed by atoms with Gasteiger partial charge in [0, 0.05) is 23.4 Å². The van der Waals surface area contributed by atoms with Crippen LogP contribution in [-0.2, 0) is 0 Å². The number of ether oxygens (including phenoxy) is 1. The zero-order chi connectivity index (χ0) is 22.7. The number of para-hydroxylation sites is 1. The van der Waals surface area contributed by atoms with Gasteiger partial charge in [0.25, 0.3) is 0 Å². The molecule has 0 atom stereocenters. The molecule has 1 aromatic heterocycles. The number of hydrogen-bond acceptors (Lipinski definition) is 5. The molecule has 4 rings (SSSR count). The summed E-state index contributed by atoms with van der Waals surface area (Å²) in [4.78, 5) is 9.23. The zero-order valence-corrected chi connectivity index (χ0v) is 18.0. The molecule has 0 saturated heterocycles. The van der Waals surface area contributed by atoms with Crippen LogP contribution in [0.5, 0.6) is 5.75 Å². The highest BCUT2D eigenvalue weighted by molar-refractivity contribution is 5.70. The van der Waals surface area contributed by atoms with Gasteiger partial charge in [-0.2, -0.15) is 4.98 Å². The van der Waals surface area contributed by atoms with Crippen molar-refractivity contribution in [3.8, 4) is 17.0 Å². The second-order valence-corrected chi connectivity index (χ2v) is 8.06. The number of aryl methyl sites for hydroxylation is 2. The average Bonchev–Trinajstić information content (AvgIpc) is 3.23. The van der Waals surface area contributed by atoms with Crippen LogP contribution < -0.4 is 15.4 Å². The van der Waals surface area contributed by atoms with Crippen molar-refractivity contribution in [2.75, 3.05) is 10.6 Å². The number of rotatable bonds is 6. The summed E-state index contributed by atoms with van der Waals surface area (Å²) in [6.45, 7) is 4.01. The van der Waals surface area contributed by atoms with Crippen LogP contribution in [0.15, 0.2) is 48.5 Å². The lowest BCUT2D eigenvalue weighted by Gasteiger charge is -2.17. The SMILES string of the molecule is Cc1cccc(C)c1Nc1cc(-c2cccc(OC(F)(F)F)c2)nc(NC2CCCC2)n1. The Bertz CT molecular complexity index is 1070. The van der Waals surface area contributed by atoms with Crippen LogP contribution in [0.25, 0.3) is 11.3 Å². The van der Waals surface area contributed by atoms with Gasteiger partial charge in [0.1, 0.15) is 11.6 Å². The fourth-order valence-corrected chi connectivity index (χ4v) is 3.97. The molecule has 168 valence electrons. The Balaban J connectivity index is 1.71. The number of anilines is 3. The Kier molecular flexibility index (Phi) is 6.21. The molecular weight excluding hydrogens is 417 g/mol. The summed E-state index contributed by atoms with van der Waals surface area (Å²) in [6, 6.07) is 13.8. The molecule has 3 aromatic rings. The Morgan fingerprint density at radius 3 is 2.31 bits per heavy atom. The van der Waals surface area contributed by atoms with Gasteiger partial charge in [-0.05, 0) is 49.9 Å². The smallest absolute Gasteiger partial charge is 0.406 e.